The fourth-order valence-corrected chi connectivity index (χ4v) is 2.35. The summed E-state index contributed by atoms with van der Waals surface area (Å²) in [5.74, 6) is 0.529. The Morgan fingerprint density at radius 1 is 1.35 bits per heavy atom. The van der Waals surface area contributed by atoms with E-state index in [1.165, 1.54) is 12.8 Å². The van der Waals surface area contributed by atoms with E-state index in [0.717, 1.165) is 18.5 Å². The number of aliphatic hydroxyl groups is 1. The molecular weight excluding hydrogens is 257 g/mol. The number of rotatable bonds is 6. The molecule has 0 bridgehead atoms. The maximum absolute atomic E-state index is 9.67. The van der Waals surface area contributed by atoms with Crippen LogP contribution < -0.4 is 5.32 Å². The average Bonchev–Trinajstić information content (AvgIpc) is 3.10. The molecule has 1 atom stereocenters. The van der Waals surface area contributed by atoms with Crippen LogP contribution in [0.1, 0.15) is 18.4 Å². The van der Waals surface area contributed by atoms with Crippen molar-refractivity contribution in [3.05, 3.63) is 33.8 Å². The van der Waals surface area contributed by atoms with Gasteiger partial charge < -0.3 is 10.4 Å². The maximum atomic E-state index is 9.67. The van der Waals surface area contributed by atoms with E-state index in [9.17, 15) is 5.11 Å². The van der Waals surface area contributed by atoms with Crippen LogP contribution >= 0.6 is 23.2 Å². The highest BCUT2D eigenvalue weighted by Crippen LogP contribution is 2.32. The summed E-state index contributed by atoms with van der Waals surface area (Å²) >= 11 is 11.9. The molecule has 1 aliphatic carbocycles. The van der Waals surface area contributed by atoms with E-state index in [4.69, 9.17) is 23.2 Å². The largest absolute Gasteiger partial charge is 0.392 e. The predicted octanol–water partition coefficient (Wildman–Crippen LogP) is 2.90. The fourth-order valence-electron chi connectivity index (χ4n) is 1.85. The maximum Gasteiger partial charge on any atom is 0.0692 e. The number of hydrogen-bond donors (Lipinski definition) is 2. The third-order valence-corrected chi connectivity index (χ3v) is 3.69. The van der Waals surface area contributed by atoms with Crippen molar-refractivity contribution in [2.75, 3.05) is 13.1 Å². The van der Waals surface area contributed by atoms with E-state index in [1.807, 2.05) is 12.1 Å². The van der Waals surface area contributed by atoms with Gasteiger partial charge in [0.05, 0.1) is 6.10 Å². The SMILES string of the molecule is OC(CNCCc1ccc(Cl)cc1Cl)C1CC1. The van der Waals surface area contributed by atoms with E-state index < -0.39 is 0 Å². The summed E-state index contributed by atoms with van der Waals surface area (Å²) < 4.78 is 0. The molecule has 4 heteroatoms. The Balaban J connectivity index is 1.70. The highest BCUT2D eigenvalue weighted by atomic mass is 35.5. The first kappa shape index (κ1) is 13.2. The molecule has 2 nitrogen and oxygen atoms in total. The predicted molar refractivity (Wildman–Crippen MR) is 71.8 cm³/mol. The van der Waals surface area contributed by atoms with Gasteiger partial charge >= 0.3 is 0 Å². The third-order valence-electron chi connectivity index (χ3n) is 3.11. The Kier molecular flexibility index (Phi) is 4.69. The van der Waals surface area contributed by atoms with E-state index in [2.05, 4.69) is 5.32 Å². The molecule has 0 heterocycles. The molecule has 0 aromatic heterocycles. The van der Waals surface area contributed by atoms with Crippen LogP contribution in [0.4, 0.5) is 0 Å². The van der Waals surface area contributed by atoms with Gasteiger partial charge in [-0.15, -0.1) is 0 Å². The van der Waals surface area contributed by atoms with Crippen LogP contribution in [0.5, 0.6) is 0 Å². The van der Waals surface area contributed by atoms with Gasteiger partial charge in [0, 0.05) is 16.6 Å². The Hall–Kier alpha value is -0.280. The molecule has 0 aliphatic heterocycles. The van der Waals surface area contributed by atoms with Gasteiger partial charge in [0.2, 0.25) is 0 Å². The Morgan fingerprint density at radius 3 is 2.76 bits per heavy atom. The smallest absolute Gasteiger partial charge is 0.0692 e. The minimum Gasteiger partial charge on any atom is -0.392 e. The Bertz CT molecular complexity index is 380. The second kappa shape index (κ2) is 6.05. The fraction of sp³-hybridized carbons (Fsp3) is 0.538. The summed E-state index contributed by atoms with van der Waals surface area (Å²) in [4.78, 5) is 0. The van der Waals surface area contributed by atoms with Crippen molar-refractivity contribution in [1.82, 2.24) is 5.32 Å². The highest BCUT2D eigenvalue weighted by molar-refractivity contribution is 6.35. The van der Waals surface area contributed by atoms with Crippen molar-refractivity contribution < 1.29 is 5.11 Å². The molecular formula is C13H17Cl2NO. The zero-order valence-corrected chi connectivity index (χ0v) is 11.1. The summed E-state index contributed by atoms with van der Waals surface area (Å²) in [5, 5.41) is 14.3. The standard InChI is InChI=1S/C13H17Cl2NO/c14-11-4-3-9(12(15)7-11)5-6-16-8-13(17)10-1-2-10/h3-4,7,10,13,16-17H,1-2,5-6,8H2. The minimum atomic E-state index is -0.185. The summed E-state index contributed by atoms with van der Waals surface area (Å²) in [6.45, 7) is 1.50. The topological polar surface area (TPSA) is 32.3 Å². The van der Waals surface area contributed by atoms with Gasteiger partial charge in [0.15, 0.2) is 0 Å². The summed E-state index contributed by atoms with van der Waals surface area (Å²) in [5.41, 5.74) is 1.09. The lowest BCUT2D eigenvalue weighted by Gasteiger charge is -2.11. The van der Waals surface area contributed by atoms with Crippen LogP contribution in [0.2, 0.25) is 10.0 Å². The van der Waals surface area contributed by atoms with Crippen LogP contribution in [0.25, 0.3) is 0 Å². The molecule has 1 fully saturated rings. The number of nitrogens with one attached hydrogen (secondary N) is 1. The molecule has 2 rings (SSSR count). The lowest BCUT2D eigenvalue weighted by Crippen LogP contribution is -2.29. The Labute approximate surface area is 112 Å². The average molecular weight is 274 g/mol. The normalized spacial score (nSPS) is 17.1. The van der Waals surface area contributed by atoms with Gasteiger partial charge in [-0.1, -0.05) is 29.3 Å². The number of hydrogen-bond acceptors (Lipinski definition) is 2. The summed E-state index contributed by atoms with van der Waals surface area (Å²) in [7, 11) is 0. The van der Waals surface area contributed by atoms with E-state index in [0.29, 0.717) is 22.5 Å². The minimum absolute atomic E-state index is 0.185. The summed E-state index contributed by atoms with van der Waals surface area (Å²) in [6.07, 6.45) is 3.01. The molecule has 0 amide bonds. The summed E-state index contributed by atoms with van der Waals surface area (Å²) in [6, 6.07) is 5.56. The van der Waals surface area contributed by atoms with Crippen LogP contribution in [0.15, 0.2) is 18.2 Å². The van der Waals surface area contributed by atoms with E-state index in [-0.39, 0.29) is 6.10 Å². The molecule has 1 aromatic rings. The van der Waals surface area contributed by atoms with E-state index >= 15 is 0 Å². The second-order valence-electron chi connectivity index (χ2n) is 4.59. The third kappa shape index (κ3) is 4.14. The molecule has 0 radical (unpaired) electrons. The van der Waals surface area contributed by atoms with Crippen molar-refractivity contribution in [3.63, 3.8) is 0 Å². The van der Waals surface area contributed by atoms with Crippen molar-refractivity contribution in [2.24, 2.45) is 5.92 Å². The molecule has 1 aliphatic rings. The van der Waals surface area contributed by atoms with Gasteiger partial charge in [-0.2, -0.15) is 0 Å². The highest BCUT2D eigenvalue weighted by Gasteiger charge is 2.28. The molecule has 1 unspecified atom stereocenters. The first-order valence-electron chi connectivity index (χ1n) is 5.99. The molecule has 17 heavy (non-hydrogen) atoms. The van der Waals surface area contributed by atoms with E-state index in [1.54, 1.807) is 6.07 Å². The number of aliphatic hydroxyl groups excluding tert-OH is 1. The van der Waals surface area contributed by atoms with Crippen molar-refractivity contribution in [1.29, 1.82) is 0 Å². The van der Waals surface area contributed by atoms with Crippen LogP contribution in [-0.2, 0) is 6.42 Å². The monoisotopic (exact) mass is 273 g/mol. The van der Waals surface area contributed by atoms with Crippen molar-refractivity contribution >= 4 is 23.2 Å². The number of halogens is 2. The molecule has 1 aromatic carbocycles. The molecule has 2 N–H and O–H groups in total. The van der Waals surface area contributed by atoms with Crippen molar-refractivity contribution in [2.45, 2.75) is 25.4 Å². The van der Waals surface area contributed by atoms with Crippen molar-refractivity contribution in [3.8, 4) is 0 Å². The second-order valence-corrected chi connectivity index (χ2v) is 5.44. The van der Waals surface area contributed by atoms with Gasteiger partial charge in [-0.3, -0.25) is 0 Å². The van der Waals surface area contributed by atoms with Crippen LogP contribution in [0.3, 0.4) is 0 Å². The van der Waals surface area contributed by atoms with Crippen LogP contribution in [-0.4, -0.2) is 24.3 Å². The zero-order valence-electron chi connectivity index (χ0n) is 9.63. The Morgan fingerprint density at radius 2 is 2.12 bits per heavy atom. The molecule has 94 valence electrons. The first-order chi connectivity index (χ1) is 8.16. The quantitative estimate of drug-likeness (QED) is 0.782. The van der Waals surface area contributed by atoms with Gasteiger partial charge in [0.1, 0.15) is 0 Å². The van der Waals surface area contributed by atoms with Crippen LogP contribution in [0, 0.1) is 5.92 Å². The zero-order chi connectivity index (χ0) is 12.3. The lowest BCUT2D eigenvalue weighted by atomic mass is 10.1. The van der Waals surface area contributed by atoms with Gasteiger partial charge in [-0.05, 0) is 49.4 Å². The molecule has 0 spiro atoms. The van der Waals surface area contributed by atoms with Gasteiger partial charge in [0.25, 0.3) is 0 Å². The first-order valence-corrected chi connectivity index (χ1v) is 6.75. The number of benzene rings is 1. The molecule has 1 saturated carbocycles. The lowest BCUT2D eigenvalue weighted by molar-refractivity contribution is 0.149. The van der Waals surface area contributed by atoms with Gasteiger partial charge in [-0.25, -0.2) is 0 Å². The molecule has 0 saturated heterocycles.